The third-order valence-electron chi connectivity index (χ3n) is 3.58. The lowest BCUT2D eigenvalue weighted by molar-refractivity contribution is -0.143. The van der Waals surface area contributed by atoms with Gasteiger partial charge in [-0.3, -0.25) is 4.79 Å². The summed E-state index contributed by atoms with van der Waals surface area (Å²) in [5, 5.41) is 9.21. The van der Waals surface area contributed by atoms with Gasteiger partial charge in [-0.05, 0) is 48.9 Å². The van der Waals surface area contributed by atoms with Crippen LogP contribution in [0.25, 0.3) is 0 Å². The first-order valence-electron chi connectivity index (χ1n) is 6.08. The number of aryl methyl sites for hydroxylation is 1. The van der Waals surface area contributed by atoms with Crippen LogP contribution in [0, 0.1) is 18.7 Å². The number of aliphatic carboxylic acids is 1. The van der Waals surface area contributed by atoms with Crippen LogP contribution < -0.4 is 0 Å². The Morgan fingerprint density at radius 1 is 1.29 bits per heavy atom. The van der Waals surface area contributed by atoms with Crippen molar-refractivity contribution < 1.29 is 14.3 Å². The highest BCUT2D eigenvalue weighted by atomic mass is 19.1. The van der Waals surface area contributed by atoms with Crippen molar-refractivity contribution in [3.05, 3.63) is 35.1 Å². The Morgan fingerprint density at radius 3 is 2.65 bits per heavy atom. The molecule has 0 amide bonds. The molecule has 1 aromatic carbocycles. The smallest absolute Gasteiger partial charge is 0.307 e. The zero-order valence-corrected chi connectivity index (χ0v) is 9.95. The van der Waals surface area contributed by atoms with Gasteiger partial charge in [-0.15, -0.1) is 0 Å². The van der Waals surface area contributed by atoms with Gasteiger partial charge in [-0.1, -0.05) is 18.9 Å². The number of carboxylic acids is 1. The van der Waals surface area contributed by atoms with Crippen LogP contribution >= 0.6 is 0 Å². The van der Waals surface area contributed by atoms with E-state index < -0.39 is 5.97 Å². The molecule has 0 aliphatic heterocycles. The fourth-order valence-electron chi connectivity index (χ4n) is 2.80. The summed E-state index contributed by atoms with van der Waals surface area (Å²) in [6.07, 6.45) is 3.54. The molecule has 1 saturated carbocycles. The summed E-state index contributed by atoms with van der Waals surface area (Å²) >= 11 is 0. The molecular weight excluding hydrogens is 219 g/mol. The Hall–Kier alpha value is -1.38. The molecule has 0 saturated heterocycles. The monoisotopic (exact) mass is 236 g/mol. The van der Waals surface area contributed by atoms with Gasteiger partial charge in [-0.25, -0.2) is 4.39 Å². The van der Waals surface area contributed by atoms with Crippen LogP contribution in [0.15, 0.2) is 18.2 Å². The van der Waals surface area contributed by atoms with Crippen molar-refractivity contribution >= 4 is 5.97 Å². The average molecular weight is 236 g/mol. The number of carboxylic acid groups (broad SMARTS) is 1. The fraction of sp³-hybridized carbons (Fsp3) is 0.500. The van der Waals surface area contributed by atoms with Gasteiger partial charge in [0.15, 0.2) is 0 Å². The summed E-state index contributed by atoms with van der Waals surface area (Å²) in [4.78, 5) is 11.2. The maximum Gasteiger partial charge on any atom is 0.307 e. The maximum absolute atomic E-state index is 13.4. The minimum atomic E-state index is -0.753. The molecule has 1 aliphatic rings. The molecule has 2 unspecified atom stereocenters. The highest BCUT2D eigenvalue weighted by molar-refractivity contribution is 5.71. The SMILES string of the molecule is Cc1cc(F)cc(C2CCCCC2C(=O)O)c1. The Balaban J connectivity index is 2.32. The first kappa shape index (κ1) is 12.1. The Bertz CT molecular complexity index is 408. The second-order valence-electron chi connectivity index (χ2n) is 4.90. The van der Waals surface area contributed by atoms with Gasteiger partial charge in [-0.2, -0.15) is 0 Å². The summed E-state index contributed by atoms with van der Waals surface area (Å²) < 4.78 is 13.4. The van der Waals surface area contributed by atoms with E-state index in [1.54, 1.807) is 0 Å². The van der Waals surface area contributed by atoms with E-state index in [1.807, 2.05) is 13.0 Å². The number of carbonyl (C=O) groups is 1. The molecule has 3 heteroatoms. The fourth-order valence-corrected chi connectivity index (χ4v) is 2.80. The van der Waals surface area contributed by atoms with Crippen LogP contribution in [-0.2, 0) is 4.79 Å². The van der Waals surface area contributed by atoms with Crippen molar-refractivity contribution in [2.75, 3.05) is 0 Å². The number of halogens is 1. The van der Waals surface area contributed by atoms with Gasteiger partial charge in [0.2, 0.25) is 0 Å². The molecular formula is C14H17FO2. The van der Waals surface area contributed by atoms with Gasteiger partial charge in [0.1, 0.15) is 5.82 Å². The second-order valence-corrected chi connectivity index (χ2v) is 4.90. The molecule has 0 spiro atoms. The lowest BCUT2D eigenvalue weighted by Crippen LogP contribution is -2.25. The summed E-state index contributed by atoms with van der Waals surface area (Å²) in [6.45, 7) is 1.84. The number of benzene rings is 1. The minimum Gasteiger partial charge on any atom is -0.481 e. The van der Waals surface area contributed by atoms with Gasteiger partial charge in [0.25, 0.3) is 0 Å². The van der Waals surface area contributed by atoms with E-state index >= 15 is 0 Å². The van der Waals surface area contributed by atoms with E-state index in [1.165, 1.54) is 12.1 Å². The van der Waals surface area contributed by atoms with E-state index in [0.29, 0.717) is 6.42 Å². The first-order valence-corrected chi connectivity index (χ1v) is 6.08. The van der Waals surface area contributed by atoms with E-state index in [9.17, 15) is 14.3 Å². The zero-order chi connectivity index (χ0) is 12.4. The van der Waals surface area contributed by atoms with Gasteiger partial charge in [0, 0.05) is 0 Å². The summed E-state index contributed by atoms with van der Waals surface area (Å²) in [6, 6.07) is 4.87. The van der Waals surface area contributed by atoms with Crippen molar-refractivity contribution in [3.8, 4) is 0 Å². The second kappa shape index (κ2) is 4.86. The Kier molecular flexibility index (Phi) is 3.46. The quantitative estimate of drug-likeness (QED) is 0.853. The van der Waals surface area contributed by atoms with E-state index in [2.05, 4.69) is 0 Å². The predicted octanol–water partition coefficient (Wildman–Crippen LogP) is 3.49. The van der Waals surface area contributed by atoms with Crippen LogP contribution in [0.2, 0.25) is 0 Å². The van der Waals surface area contributed by atoms with Crippen molar-refractivity contribution in [2.24, 2.45) is 5.92 Å². The molecule has 2 nitrogen and oxygen atoms in total. The van der Waals surface area contributed by atoms with Crippen LogP contribution in [0.1, 0.15) is 42.7 Å². The van der Waals surface area contributed by atoms with Crippen LogP contribution in [0.4, 0.5) is 4.39 Å². The molecule has 0 radical (unpaired) electrons. The lowest BCUT2D eigenvalue weighted by Gasteiger charge is -2.29. The maximum atomic E-state index is 13.4. The highest BCUT2D eigenvalue weighted by Gasteiger charge is 2.32. The van der Waals surface area contributed by atoms with Gasteiger partial charge < -0.3 is 5.11 Å². The molecule has 92 valence electrons. The number of rotatable bonds is 2. The van der Waals surface area contributed by atoms with Crippen molar-refractivity contribution in [2.45, 2.75) is 38.5 Å². The van der Waals surface area contributed by atoms with Crippen molar-refractivity contribution in [1.29, 1.82) is 0 Å². The molecule has 1 aromatic rings. The normalized spacial score (nSPS) is 24.6. The zero-order valence-electron chi connectivity index (χ0n) is 9.95. The molecule has 1 N–H and O–H groups in total. The van der Waals surface area contributed by atoms with Gasteiger partial charge in [0.05, 0.1) is 5.92 Å². The number of hydrogen-bond acceptors (Lipinski definition) is 1. The Morgan fingerprint density at radius 2 is 2.00 bits per heavy atom. The highest BCUT2D eigenvalue weighted by Crippen LogP contribution is 2.38. The lowest BCUT2D eigenvalue weighted by atomic mass is 9.75. The molecule has 0 bridgehead atoms. The molecule has 2 atom stereocenters. The predicted molar refractivity (Wildman–Crippen MR) is 63.5 cm³/mol. The third kappa shape index (κ3) is 2.65. The molecule has 0 aromatic heterocycles. The largest absolute Gasteiger partial charge is 0.481 e. The standard InChI is InChI=1S/C14H17FO2/c1-9-6-10(8-11(15)7-9)12-4-2-3-5-13(12)14(16)17/h6-8,12-13H,2-5H2,1H3,(H,16,17). The molecule has 0 heterocycles. The van der Waals surface area contributed by atoms with Crippen molar-refractivity contribution in [1.82, 2.24) is 0 Å². The topological polar surface area (TPSA) is 37.3 Å². The van der Waals surface area contributed by atoms with E-state index in [0.717, 1.165) is 30.4 Å². The molecule has 17 heavy (non-hydrogen) atoms. The number of hydrogen-bond donors (Lipinski definition) is 1. The summed E-state index contributed by atoms with van der Waals surface area (Å²) in [5.74, 6) is -1.41. The van der Waals surface area contributed by atoms with E-state index in [-0.39, 0.29) is 17.7 Å². The van der Waals surface area contributed by atoms with Crippen LogP contribution in [0.5, 0.6) is 0 Å². The Labute approximate surface area is 100 Å². The summed E-state index contributed by atoms with van der Waals surface area (Å²) in [5.41, 5.74) is 1.70. The molecule has 1 aliphatic carbocycles. The van der Waals surface area contributed by atoms with Crippen molar-refractivity contribution in [3.63, 3.8) is 0 Å². The third-order valence-corrected chi connectivity index (χ3v) is 3.58. The van der Waals surface area contributed by atoms with E-state index in [4.69, 9.17) is 0 Å². The molecule has 2 rings (SSSR count). The minimum absolute atomic E-state index is 0.0318. The average Bonchev–Trinajstić information content (AvgIpc) is 2.27. The summed E-state index contributed by atoms with van der Waals surface area (Å²) in [7, 11) is 0. The van der Waals surface area contributed by atoms with Gasteiger partial charge >= 0.3 is 5.97 Å². The van der Waals surface area contributed by atoms with Crippen LogP contribution in [0.3, 0.4) is 0 Å². The van der Waals surface area contributed by atoms with Crippen LogP contribution in [-0.4, -0.2) is 11.1 Å². The first-order chi connectivity index (χ1) is 8.08. The molecule has 1 fully saturated rings.